The van der Waals surface area contributed by atoms with Crippen LogP contribution in [0.5, 0.6) is 0 Å². The van der Waals surface area contributed by atoms with Gasteiger partial charge in [0.2, 0.25) is 0 Å². The molecule has 0 bridgehead atoms. The van der Waals surface area contributed by atoms with Crippen molar-refractivity contribution in [2.45, 2.75) is 96.2 Å². The van der Waals surface area contributed by atoms with Gasteiger partial charge in [-0.15, -0.1) is 0 Å². The maximum Gasteiger partial charge on any atom is 0.189 e. The van der Waals surface area contributed by atoms with E-state index < -0.39 is 0 Å². The number of nitrogens with one attached hydrogen (secondary N) is 1. The van der Waals surface area contributed by atoms with Crippen LogP contribution in [-0.4, -0.2) is 42.5 Å². The van der Waals surface area contributed by atoms with E-state index in [0.29, 0.717) is 23.9 Å². The molecule has 4 fully saturated rings. The van der Waals surface area contributed by atoms with Crippen LogP contribution in [0, 0.1) is 17.8 Å². The van der Waals surface area contributed by atoms with Crippen LogP contribution in [0.4, 0.5) is 0 Å². The van der Waals surface area contributed by atoms with Crippen molar-refractivity contribution in [3.05, 3.63) is 0 Å². The highest BCUT2D eigenvalue weighted by Gasteiger charge is 2.43. The van der Waals surface area contributed by atoms with Crippen LogP contribution in [0.2, 0.25) is 0 Å². The lowest BCUT2D eigenvalue weighted by Gasteiger charge is -2.36. The average Bonchev–Trinajstić information content (AvgIpc) is 2.98. The van der Waals surface area contributed by atoms with Crippen LogP contribution in [0.25, 0.3) is 0 Å². The zero-order chi connectivity index (χ0) is 17.2. The summed E-state index contributed by atoms with van der Waals surface area (Å²) in [6, 6.07) is 0.644. The van der Waals surface area contributed by atoms with E-state index in [1.165, 1.54) is 90.1 Å². The van der Waals surface area contributed by atoms with Gasteiger partial charge in [0.1, 0.15) is 12.7 Å². The van der Waals surface area contributed by atoms with Crippen LogP contribution in [0.3, 0.4) is 0 Å². The quantitative estimate of drug-likeness (QED) is 0.845. The first-order valence-corrected chi connectivity index (χ1v) is 11.3. The van der Waals surface area contributed by atoms with Crippen molar-refractivity contribution in [3.63, 3.8) is 0 Å². The van der Waals surface area contributed by atoms with E-state index in [1.54, 1.807) is 4.90 Å². The summed E-state index contributed by atoms with van der Waals surface area (Å²) in [5.74, 6) is 2.91. The van der Waals surface area contributed by atoms with Crippen molar-refractivity contribution >= 4 is 5.78 Å². The number of fused-ring (bicyclic) bond motifs is 1. The second-order valence-electron chi connectivity index (χ2n) is 9.64. The molecular formula is C22H39N2O+. The minimum absolute atomic E-state index is 0.386. The molecule has 4 aliphatic rings. The van der Waals surface area contributed by atoms with Crippen molar-refractivity contribution in [3.8, 4) is 0 Å². The Morgan fingerprint density at radius 2 is 1.56 bits per heavy atom. The van der Waals surface area contributed by atoms with E-state index in [-0.39, 0.29) is 0 Å². The number of carbonyl (C=O) groups excluding carboxylic acids is 1. The van der Waals surface area contributed by atoms with Crippen LogP contribution in [0.15, 0.2) is 0 Å². The SMILES string of the molecule is CC1CN2CCCCC2[NH+]1CC(=O)C1CCC(C2CCCCC2)CC1. The lowest BCUT2D eigenvalue weighted by Crippen LogP contribution is -3.18. The van der Waals surface area contributed by atoms with Gasteiger partial charge >= 0.3 is 0 Å². The van der Waals surface area contributed by atoms with Crippen molar-refractivity contribution < 1.29 is 9.69 Å². The fourth-order valence-electron chi connectivity index (χ4n) is 6.58. The molecule has 0 aromatic heterocycles. The Bertz CT molecular complexity index is 451. The molecule has 0 spiro atoms. The van der Waals surface area contributed by atoms with Crippen molar-refractivity contribution in [1.29, 1.82) is 0 Å². The topological polar surface area (TPSA) is 24.8 Å². The second-order valence-corrected chi connectivity index (χ2v) is 9.64. The number of carbonyl (C=O) groups is 1. The highest BCUT2D eigenvalue weighted by molar-refractivity contribution is 5.82. The summed E-state index contributed by atoms with van der Waals surface area (Å²) >= 11 is 0. The molecule has 2 saturated heterocycles. The Morgan fingerprint density at radius 1 is 0.880 bits per heavy atom. The third-order valence-electron chi connectivity index (χ3n) is 8.11. The molecule has 0 aromatic carbocycles. The first-order chi connectivity index (χ1) is 12.2. The van der Waals surface area contributed by atoms with E-state index >= 15 is 0 Å². The standard InChI is InChI=1S/C22H38N2O/c1-17-15-23-14-6-5-9-22(23)24(17)16-21(25)20-12-10-19(11-13-20)18-7-3-2-4-8-18/h17-20,22H,2-16H2,1H3/p+1. The Morgan fingerprint density at radius 3 is 2.32 bits per heavy atom. The van der Waals surface area contributed by atoms with Crippen molar-refractivity contribution in [2.24, 2.45) is 17.8 Å². The number of rotatable bonds is 4. The number of quaternary nitrogens is 1. The highest BCUT2D eigenvalue weighted by Crippen LogP contribution is 2.40. The smallest absolute Gasteiger partial charge is 0.189 e. The van der Waals surface area contributed by atoms with E-state index in [0.717, 1.165) is 18.4 Å². The monoisotopic (exact) mass is 347 g/mol. The molecule has 0 amide bonds. The molecule has 0 aromatic rings. The summed E-state index contributed by atoms with van der Waals surface area (Å²) in [5, 5.41) is 0. The maximum atomic E-state index is 13.0. The second kappa shape index (κ2) is 8.08. The van der Waals surface area contributed by atoms with Gasteiger partial charge in [0.15, 0.2) is 5.78 Å². The summed E-state index contributed by atoms with van der Waals surface area (Å²) in [6.45, 7) is 5.64. The van der Waals surface area contributed by atoms with E-state index in [2.05, 4.69) is 11.8 Å². The Labute approximate surface area is 154 Å². The number of piperidine rings is 1. The number of Topliss-reactive ketones (excluding diaryl/α,β-unsaturated/α-hetero) is 1. The fourth-order valence-corrected chi connectivity index (χ4v) is 6.58. The molecular weight excluding hydrogens is 308 g/mol. The van der Waals surface area contributed by atoms with Gasteiger partial charge in [0.05, 0.1) is 12.6 Å². The number of hydrogen-bond donors (Lipinski definition) is 1. The lowest BCUT2D eigenvalue weighted by atomic mass is 9.70. The van der Waals surface area contributed by atoms with E-state index in [9.17, 15) is 4.79 Å². The Balaban J connectivity index is 1.27. The molecule has 3 heteroatoms. The summed E-state index contributed by atoms with van der Waals surface area (Å²) in [4.78, 5) is 17.3. The molecule has 4 rings (SSSR count). The predicted molar refractivity (Wildman–Crippen MR) is 102 cm³/mol. The largest absolute Gasteiger partial charge is 0.310 e. The van der Waals surface area contributed by atoms with Crippen LogP contribution >= 0.6 is 0 Å². The molecule has 142 valence electrons. The molecule has 3 nitrogen and oxygen atoms in total. The van der Waals surface area contributed by atoms with Gasteiger partial charge in [0.25, 0.3) is 0 Å². The Kier molecular flexibility index (Phi) is 5.81. The van der Waals surface area contributed by atoms with E-state index in [1.807, 2.05) is 0 Å². The summed E-state index contributed by atoms with van der Waals surface area (Å²) < 4.78 is 0. The molecule has 3 unspecified atom stereocenters. The predicted octanol–water partition coefficient (Wildman–Crippen LogP) is 3.04. The average molecular weight is 348 g/mol. The number of nitrogens with zero attached hydrogens (tertiary/aromatic N) is 1. The van der Waals surface area contributed by atoms with Gasteiger partial charge in [-0.25, -0.2) is 4.90 Å². The third kappa shape index (κ3) is 3.98. The zero-order valence-corrected chi connectivity index (χ0v) is 16.3. The van der Waals surface area contributed by atoms with Crippen LogP contribution < -0.4 is 4.90 Å². The zero-order valence-electron chi connectivity index (χ0n) is 16.3. The van der Waals surface area contributed by atoms with Gasteiger partial charge in [-0.05, 0) is 57.3 Å². The minimum atomic E-state index is 0.386. The minimum Gasteiger partial charge on any atom is -0.310 e. The van der Waals surface area contributed by atoms with Crippen LogP contribution in [0.1, 0.15) is 84.0 Å². The molecule has 0 radical (unpaired) electrons. The lowest BCUT2D eigenvalue weighted by molar-refractivity contribution is -0.932. The van der Waals surface area contributed by atoms with Crippen molar-refractivity contribution in [1.82, 2.24) is 4.90 Å². The van der Waals surface area contributed by atoms with Gasteiger partial charge < -0.3 is 4.90 Å². The Hall–Kier alpha value is -0.410. The first kappa shape index (κ1) is 18.0. The first-order valence-electron chi connectivity index (χ1n) is 11.3. The number of hydrogen-bond acceptors (Lipinski definition) is 2. The summed E-state index contributed by atoms with van der Waals surface area (Å²) in [5.41, 5.74) is 0. The molecule has 2 saturated carbocycles. The molecule has 2 heterocycles. The molecule has 3 atom stereocenters. The molecule has 1 N–H and O–H groups in total. The van der Waals surface area contributed by atoms with E-state index in [4.69, 9.17) is 0 Å². The van der Waals surface area contributed by atoms with Crippen LogP contribution in [-0.2, 0) is 4.79 Å². The summed E-state index contributed by atoms with van der Waals surface area (Å²) in [6.07, 6.45) is 17.0. The van der Waals surface area contributed by atoms with Gasteiger partial charge in [0, 0.05) is 18.9 Å². The van der Waals surface area contributed by atoms with Gasteiger partial charge in [-0.2, -0.15) is 0 Å². The molecule has 25 heavy (non-hydrogen) atoms. The highest BCUT2D eigenvalue weighted by atomic mass is 16.1. The third-order valence-corrected chi connectivity index (χ3v) is 8.11. The fraction of sp³-hybridized carbons (Fsp3) is 0.955. The normalized spacial score (nSPS) is 40.8. The number of ketones is 1. The summed E-state index contributed by atoms with van der Waals surface area (Å²) in [7, 11) is 0. The maximum absolute atomic E-state index is 13.0. The van der Waals surface area contributed by atoms with Gasteiger partial charge in [-0.1, -0.05) is 32.1 Å². The van der Waals surface area contributed by atoms with Crippen molar-refractivity contribution in [2.75, 3.05) is 19.6 Å². The molecule has 2 aliphatic heterocycles. The van der Waals surface area contributed by atoms with Gasteiger partial charge in [-0.3, -0.25) is 4.79 Å². The molecule has 2 aliphatic carbocycles.